The normalized spacial score (nSPS) is 16.1. The summed E-state index contributed by atoms with van der Waals surface area (Å²) in [7, 11) is -1.11. The zero-order valence-corrected chi connectivity index (χ0v) is 22.8. The Bertz CT molecular complexity index is 1380. The Morgan fingerprint density at radius 3 is 2.68 bits per heavy atom. The maximum absolute atomic E-state index is 12.4. The first-order valence-corrected chi connectivity index (χ1v) is 16.4. The molecule has 5 rings (SSSR count). The minimum atomic E-state index is -1.11. The molecule has 0 radical (unpaired) electrons. The molecule has 1 aliphatic rings. The van der Waals surface area contributed by atoms with E-state index in [0.29, 0.717) is 30.6 Å². The van der Waals surface area contributed by atoms with Crippen LogP contribution in [0.1, 0.15) is 19.8 Å². The maximum atomic E-state index is 12.4. The summed E-state index contributed by atoms with van der Waals surface area (Å²) < 4.78 is 14.5. The number of hydrogen-bond acceptors (Lipinski definition) is 7. The van der Waals surface area contributed by atoms with E-state index in [4.69, 9.17) is 14.5 Å². The molecular formula is C26H33N7O3Si. The summed E-state index contributed by atoms with van der Waals surface area (Å²) in [6.45, 7) is 10.6. The lowest BCUT2D eigenvalue weighted by atomic mass is 10.1. The molecule has 0 aliphatic carbocycles. The van der Waals surface area contributed by atoms with Gasteiger partial charge in [-0.15, -0.1) is 5.10 Å². The third kappa shape index (κ3) is 5.57. The second-order valence-corrected chi connectivity index (χ2v) is 16.2. The van der Waals surface area contributed by atoms with Crippen LogP contribution in [0.5, 0.6) is 0 Å². The third-order valence-electron chi connectivity index (χ3n) is 6.39. The fourth-order valence-corrected chi connectivity index (χ4v) is 5.07. The van der Waals surface area contributed by atoms with E-state index in [-0.39, 0.29) is 12.1 Å². The van der Waals surface area contributed by atoms with E-state index < -0.39 is 8.07 Å². The van der Waals surface area contributed by atoms with Crippen LogP contribution in [0.4, 0.5) is 10.6 Å². The zero-order chi connectivity index (χ0) is 26.0. The van der Waals surface area contributed by atoms with Crippen molar-refractivity contribution in [2.75, 3.05) is 18.1 Å². The van der Waals surface area contributed by atoms with Gasteiger partial charge in [0.15, 0.2) is 11.5 Å². The minimum Gasteiger partial charge on any atom is -0.447 e. The van der Waals surface area contributed by atoms with Gasteiger partial charge in [-0.2, -0.15) is 5.10 Å². The van der Waals surface area contributed by atoms with Gasteiger partial charge in [0.1, 0.15) is 25.5 Å². The van der Waals surface area contributed by atoms with Gasteiger partial charge in [0.05, 0.1) is 12.2 Å². The SMILES string of the molecule is CCCC1COC(=O)N1c1ccn2ncc(-c3ccc(-c4ncn(COCC[Si](C)(C)C)n4)cc3)c2n1. The number of carbonyl (C=O) groups is 1. The first kappa shape index (κ1) is 25.1. The highest BCUT2D eigenvalue weighted by molar-refractivity contribution is 6.76. The highest BCUT2D eigenvalue weighted by Crippen LogP contribution is 2.29. The molecule has 1 atom stereocenters. The lowest BCUT2D eigenvalue weighted by molar-refractivity contribution is 0.0785. The summed E-state index contributed by atoms with van der Waals surface area (Å²) >= 11 is 0. The van der Waals surface area contributed by atoms with Gasteiger partial charge in [-0.1, -0.05) is 57.3 Å². The van der Waals surface area contributed by atoms with Crippen LogP contribution in [-0.2, 0) is 16.2 Å². The lowest BCUT2D eigenvalue weighted by Crippen LogP contribution is -2.34. The fourth-order valence-electron chi connectivity index (χ4n) is 4.31. The first-order valence-electron chi connectivity index (χ1n) is 12.7. The summed E-state index contributed by atoms with van der Waals surface area (Å²) in [4.78, 5) is 23.3. The molecular weight excluding hydrogens is 486 g/mol. The van der Waals surface area contributed by atoms with Gasteiger partial charge in [0.2, 0.25) is 0 Å². The molecule has 0 N–H and O–H groups in total. The van der Waals surface area contributed by atoms with Gasteiger partial charge in [0, 0.05) is 32.0 Å². The van der Waals surface area contributed by atoms with E-state index in [2.05, 4.69) is 41.7 Å². The summed E-state index contributed by atoms with van der Waals surface area (Å²) in [6.07, 6.45) is 6.78. The molecule has 10 nitrogen and oxygen atoms in total. The number of ether oxygens (including phenoxy) is 2. The first-order chi connectivity index (χ1) is 17.8. The predicted molar refractivity (Wildman–Crippen MR) is 144 cm³/mol. The maximum Gasteiger partial charge on any atom is 0.415 e. The molecule has 1 fully saturated rings. The van der Waals surface area contributed by atoms with Gasteiger partial charge >= 0.3 is 6.09 Å². The van der Waals surface area contributed by atoms with Crippen LogP contribution < -0.4 is 4.90 Å². The molecule has 0 bridgehead atoms. The molecule has 1 aliphatic heterocycles. The Labute approximate surface area is 217 Å². The van der Waals surface area contributed by atoms with Crippen molar-refractivity contribution in [2.24, 2.45) is 0 Å². The van der Waals surface area contributed by atoms with Gasteiger partial charge in [-0.05, 0) is 24.1 Å². The lowest BCUT2D eigenvalue weighted by Gasteiger charge is -2.19. The van der Waals surface area contributed by atoms with E-state index in [1.165, 1.54) is 0 Å². The monoisotopic (exact) mass is 519 g/mol. The zero-order valence-electron chi connectivity index (χ0n) is 21.8. The highest BCUT2D eigenvalue weighted by atomic mass is 28.3. The van der Waals surface area contributed by atoms with E-state index in [9.17, 15) is 4.79 Å². The minimum absolute atomic E-state index is 0.00356. The number of hydrogen-bond donors (Lipinski definition) is 0. The Morgan fingerprint density at radius 1 is 1.14 bits per heavy atom. The number of cyclic esters (lactones) is 1. The molecule has 1 saturated heterocycles. The van der Waals surface area contributed by atoms with Crippen molar-refractivity contribution in [3.63, 3.8) is 0 Å². The van der Waals surface area contributed by atoms with Crippen molar-refractivity contribution >= 4 is 25.6 Å². The molecule has 1 amide bonds. The number of nitrogens with zero attached hydrogens (tertiary/aromatic N) is 7. The van der Waals surface area contributed by atoms with E-state index in [1.54, 1.807) is 32.7 Å². The number of aromatic nitrogens is 6. The van der Waals surface area contributed by atoms with Gasteiger partial charge < -0.3 is 9.47 Å². The van der Waals surface area contributed by atoms with Crippen molar-refractivity contribution in [1.82, 2.24) is 29.4 Å². The quantitative estimate of drug-likeness (QED) is 0.212. The molecule has 37 heavy (non-hydrogen) atoms. The molecule has 11 heteroatoms. The summed E-state index contributed by atoms with van der Waals surface area (Å²) in [5, 5.41) is 9.01. The van der Waals surface area contributed by atoms with Gasteiger partial charge in [-0.3, -0.25) is 4.90 Å². The number of carbonyl (C=O) groups excluding carboxylic acids is 1. The summed E-state index contributed by atoms with van der Waals surface area (Å²) in [5.41, 5.74) is 3.43. The van der Waals surface area contributed by atoms with Crippen molar-refractivity contribution in [3.05, 3.63) is 49.1 Å². The van der Waals surface area contributed by atoms with E-state index in [1.807, 2.05) is 30.5 Å². The standard InChI is InChI=1S/C26H33N7O3Si/c1-5-6-21-16-36-26(34)33(21)23-11-12-32-25(29-23)22(15-28-32)19-7-9-20(10-8-19)24-27-17-31(30-24)18-35-13-14-37(2,3)4/h7-12,15,17,21H,5-6,13-14,16,18H2,1-4H3. The summed E-state index contributed by atoms with van der Waals surface area (Å²) in [5.74, 6) is 1.23. The van der Waals surface area contributed by atoms with E-state index >= 15 is 0 Å². The number of anilines is 1. The van der Waals surface area contributed by atoms with Crippen LogP contribution in [0.25, 0.3) is 28.2 Å². The average molecular weight is 520 g/mol. The smallest absolute Gasteiger partial charge is 0.415 e. The fraction of sp³-hybridized carbons (Fsp3) is 0.423. The van der Waals surface area contributed by atoms with Crippen LogP contribution in [0.3, 0.4) is 0 Å². The molecule has 0 saturated carbocycles. The number of rotatable bonds is 10. The van der Waals surface area contributed by atoms with Crippen molar-refractivity contribution < 1.29 is 14.3 Å². The van der Waals surface area contributed by atoms with Crippen LogP contribution in [0, 0.1) is 0 Å². The molecule has 1 aromatic carbocycles. The second kappa shape index (κ2) is 10.4. The predicted octanol–water partition coefficient (Wildman–Crippen LogP) is 5.09. The largest absolute Gasteiger partial charge is 0.447 e. The topological polar surface area (TPSA) is 99.7 Å². The van der Waals surface area contributed by atoms with Gasteiger partial charge in [-0.25, -0.2) is 24.0 Å². The molecule has 0 spiro atoms. The Hall–Kier alpha value is -3.57. The van der Waals surface area contributed by atoms with Crippen LogP contribution in [0.2, 0.25) is 25.7 Å². The Balaban J connectivity index is 1.32. The van der Waals surface area contributed by atoms with Crippen molar-refractivity contribution in [2.45, 2.75) is 58.2 Å². The number of amides is 1. The van der Waals surface area contributed by atoms with Crippen molar-refractivity contribution in [3.8, 4) is 22.5 Å². The third-order valence-corrected chi connectivity index (χ3v) is 8.10. The highest BCUT2D eigenvalue weighted by Gasteiger charge is 2.34. The number of benzene rings is 1. The molecule has 4 heterocycles. The molecule has 194 valence electrons. The van der Waals surface area contributed by atoms with Gasteiger partial charge in [0.25, 0.3) is 0 Å². The molecule has 1 unspecified atom stereocenters. The van der Waals surface area contributed by atoms with Crippen LogP contribution in [0.15, 0.2) is 49.1 Å². The van der Waals surface area contributed by atoms with Crippen LogP contribution in [-0.4, -0.2) is 62.8 Å². The second-order valence-electron chi connectivity index (χ2n) is 10.5. The molecule has 4 aromatic rings. The summed E-state index contributed by atoms with van der Waals surface area (Å²) in [6, 6.07) is 10.9. The Kier molecular flexibility index (Phi) is 7.07. The number of fused-ring (bicyclic) bond motifs is 1. The molecule has 3 aromatic heterocycles. The van der Waals surface area contributed by atoms with Crippen molar-refractivity contribution in [1.29, 1.82) is 0 Å². The average Bonchev–Trinajstić information content (AvgIpc) is 3.60. The Morgan fingerprint density at radius 2 is 1.92 bits per heavy atom. The van der Waals surface area contributed by atoms with Crippen LogP contribution >= 0.6 is 0 Å². The van der Waals surface area contributed by atoms with E-state index in [0.717, 1.165) is 42.2 Å².